The lowest BCUT2D eigenvalue weighted by Crippen LogP contribution is -2.11. The molecule has 0 saturated heterocycles. The lowest BCUT2D eigenvalue weighted by Gasteiger charge is -2.18. The van der Waals surface area contributed by atoms with Gasteiger partial charge in [-0.15, -0.1) is 0 Å². The van der Waals surface area contributed by atoms with Crippen molar-refractivity contribution in [2.75, 3.05) is 14.2 Å². The van der Waals surface area contributed by atoms with E-state index in [-0.39, 0.29) is 16.3 Å². The second-order valence-electron chi connectivity index (χ2n) is 3.81. The molecule has 0 aromatic heterocycles. The number of aliphatic hydroxyl groups is 1. The number of benzene rings is 1. The molecule has 1 aliphatic carbocycles. The number of hydrogen-bond donors (Lipinski definition) is 1. The van der Waals surface area contributed by atoms with Gasteiger partial charge in [0.25, 0.3) is 0 Å². The molecule has 0 atom stereocenters. The van der Waals surface area contributed by atoms with Gasteiger partial charge < -0.3 is 14.6 Å². The molecule has 0 spiro atoms. The molecule has 2 rings (SSSR count). The van der Waals surface area contributed by atoms with Crippen LogP contribution in [-0.4, -0.2) is 19.3 Å². The van der Waals surface area contributed by atoms with Crippen LogP contribution in [0.3, 0.4) is 0 Å². The van der Waals surface area contributed by atoms with E-state index in [1.54, 1.807) is 0 Å². The van der Waals surface area contributed by atoms with Gasteiger partial charge >= 0.3 is 0 Å². The molecule has 0 unspecified atom stereocenters. The second kappa shape index (κ2) is 3.79. The molecule has 1 saturated carbocycles. The number of methoxy groups -OCH3 is 2. The van der Waals surface area contributed by atoms with Gasteiger partial charge in [-0.1, -0.05) is 11.6 Å². The molecule has 0 radical (unpaired) electrons. The third-order valence-electron chi connectivity index (χ3n) is 2.75. The van der Waals surface area contributed by atoms with E-state index in [0.29, 0.717) is 18.6 Å². The summed E-state index contributed by atoms with van der Waals surface area (Å²) in [5.74, 6) is -0.104. The highest BCUT2D eigenvalue weighted by Gasteiger charge is 2.47. The Morgan fingerprint density at radius 2 is 2.00 bits per heavy atom. The van der Waals surface area contributed by atoms with Crippen molar-refractivity contribution in [2.24, 2.45) is 0 Å². The number of hydrogen-bond acceptors (Lipinski definition) is 3. The van der Waals surface area contributed by atoms with E-state index in [0.717, 1.165) is 0 Å². The summed E-state index contributed by atoms with van der Waals surface area (Å²) in [6.45, 7) is 0. The smallest absolute Gasteiger partial charge is 0.169 e. The van der Waals surface area contributed by atoms with Gasteiger partial charge in [0, 0.05) is 6.07 Å². The fraction of sp³-hybridized carbons (Fsp3) is 0.455. The van der Waals surface area contributed by atoms with E-state index in [2.05, 4.69) is 0 Å². The SMILES string of the molecule is COc1cc(Cl)c(F)c(C2(O)CC2)c1OC. The van der Waals surface area contributed by atoms with Crippen LogP contribution in [-0.2, 0) is 5.60 Å². The zero-order valence-corrected chi connectivity index (χ0v) is 9.77. The molecule has 1 fully saturated rings. The third-order valence-corrected chi connectivity index (χ3v) is 3.03. The summed E-state index contributed by atoms with van der Waals surface area (Å²) in [6, 6.07) is 1.34. The van der Waals surface area contributed by atoms with E-state index >= 15 is 0 Å². The number of ether oxygens (including phenoxy) is 2. The van der Waals surface area contributed by atoms with Crippen LogP contribution in [0, 0.1) is 5.82 Å². The van der Waals surface area contributed by atoms with Gasteiger partial charge in [-0.3, -0.25) is 0 Å². The highest BCUT2D eigenvalue weighted by Crippen LogP contribution is 2.53. The van der Waals surface area contributed by atoms with Crippen LogP contribution in [0.2, 0.25) is 5.02 Å². The van der Waals surface area contributed by atoms with Gasteiger partial charge in [-0.05, 0) is 12.8 Å². The highest BCUT2D eigenvalue weighted by molar-refractivity contribution is 6.31. The quantitative estimate of drug-likeness (QED) is 0.891. The summed E-state index contributed by atoms with van der Waals surface area (Å²) in [6.07, 6.45) is 1.01. The zero-order valence-electron chi connectivity index (χ0n) is 9.01. The van der Waals surface area contributed by atoms with Gasteiger partial charge in [0.05, 0.1) is 30.4 Å². The molecule has 88 valence electrons. The van der Waals surface area contributed by atoms with Gasteiger partial charge in [0.1, 0.15) is 0 Å². The number of halogens is 2. The molecule has 0 heterocycles. The molecule has 0 aliphatic heterocycles. The Morgan fingerprint density at radius 1 is 1.38 bits per heavy atom. The van der Waals surface area contributed by atoms with E-state index in [1.807, 2.05) is 0 Å². The first-order valence-corrected chi connectivity index (χ1v) is 5.24. The Balaban J connectivity index is 2.67. The van der Waals surface area contributed by atoms with Crippen LogP contribution in [0.15, 0.2) is 6.07 Å². The molecule has 1 aliphatic rings. The monoisotopic (exact) mass is 246 g/mol. The van der Waals surface area contributed by atoms with Crippen LogP contribution in [0.1, 0.15) is 18.4 Å². The average molecular weight is 247 g/mol. The molecule has 16 heavy (non-hydrogen) atoms. The van der Waals surface area contributed by atoms with Crippen molar-refractivity contribution in [3.63, 3.8) is 0 Å². The fourth-order valence-electron chi connectivity index (χ4n) is 1.72. The maximum Gasteiger partial charge on any atom is 0.169 e. The Morgan fingerprint density at radius 3 is 2.44 bits per heavy atom. The van der Waals surface area contributed by atoms with E-state index in [9.17, 15) is 9.50 Å². The summed E-state index contributed by atoms with van der Waals surface area (Å²) < 4.78 is 24.0. The molecule has 1 N–H and O–H groups in total. The van der Waals surface area contributed by atoms with Crippen molar-refractivity contribution in [3.05, 3.63) is 22.5 Å². The predicted molar refractivity (Wildman–Crippen MR) is 57.6 cm³/mol. The van der Waals surface area contributed by atoms with E-state index in [1.165, 1.54) is 20.3 Å². The van der Waals surface area contributed by atoms with Gasteiger partial charge in [0.15, 0.2) is 17.3 Å². The lowest BCUT2D eigenvalue weighted by molar-refractivity contribution is 0.141. The predicted octanol–water partition coefficient (Wildman–Crippen LogP) is 2.48. The van der Waals surface area contributed by atoms with Crippen molar-refractivity contribution in [1.82, 2.24) is 0 Å². The minimum absolute atomic E-state index is 0.0759. The summed E-state index contributed by atoms with van der Waals surface area (Å²) >= 11 is 5.74. The fourth-order valence-corrected chi connectivity index (χ4v) is 1.92. The van der Waals surface area contributed by atoms with Gasteiger partial charge in [0.2, 0.25) is 0 Å². The van der Waals surface area contributed by atoms with Crippen LogP contribution in [0.4, 0.5) is 4.39 Å². The molecule has 0 bridgehead atoms. The minimum Gasteiger partial charge on any atom is -0.493 e. The second-order valence-corrected chi connectivity index (χ2v) is 4.22. The van der Waals surface area contributed by atoms with E-state index < -0.39 is 11.4 Å². The Kier molecular flexibility index (Phi) is 2.72. The molecule has 1 aromatic carbocycles. The molecule has 1 aromatic rings. The molecular formula is C11H12ClFO3. The average Bonchev–Trinajstić information content (AvgIpc) is 3.00. The van der Waals surface area contributed by atoms with Crippen molar-refractivity contribution in [2.45, 2.75) is 18.4 Å². The zero-order chi connectivity index (χ0) is 11.9. The summed E-state index contributed by atoms with van der Waals surface area (Å²) in [7, 11) is 2.84. The normalized spacial score (nSPS) is 17.1. The molecule has 0 amide bonds. The standard InChI is InChI=1S/C11H12ClFO3/c1-15-7-5-6(12)9(13)8(10(7)16-2)11(14)3-4-11/h5,14H,3-4H2,1-2H3. The van der Waals surface area contributed by atoms with Crippen LogP contribution in [0.5, 0.6) is 11.5 Å². The number of rotatable bonds is 3. The van der Waals surface area contributed by atoms with Crippen molar-refractivity contribution >= 4 is 11.6 Å². The first kappa shape index (κ1) is 11.5. The topological polar surface area (TPSA) is 38.7 Å². The highest BCUT2D eigenvalue weighted by atomic mass is 35.5. The summed E-state index contributed by atoms with van der Waals surface area (Å²) in [5.41, 5.74) is -1.06. The van der Waals surface area contributed by atoms with Crippen molar-refractivity contribution in [3.8, 4) is 11.5 Å². The maximum absolute atomic E-state index is 13.9. The Hall–Kier alpha value is -1.00. The molecule has 3 nitrogen and oxygen atoms in total. The van der Waals surface area contributed by atoms with Gasteiger partial charge in [-0.25, -0.2) is 4.39 Å². The van der Waals surface area contributed by atoms with Crippen molar-refractivity contribution in [1.29, 1.82) is 0 Å². The van der Waals surface area contributed by atoms with E-state index in [4.69, 9.17) is 21.1 Å². The van der Waals surface area contributed by atoms with Crippen LogP contribution in [0.25, 0.3) is 0 Å². The summed E-state index contributed by atoms with van der Waals surface area (Å²) in [5, 5.41) is 9.93. The maximum atomic E-state index is 13.9. The summed E-state index contributed by atoms with van der Waals surface area (Å²) in [4.78, 5) is 0. The first-order chi connectivity index (χ1) is 7.53. The largest absolute Gasteiger partial charge is 0.493 e. The Labute approximate surface area is 97.7 Å². The Bertz CT molecular complexity index is 430. The van der Waals surface area contributed by atoms with Crippen LogP contribution >= 0.6 is 11.6 Å². The molecule has 5 heteroatoms. The third kappa shape index (κ3) is 1.62. The van der Waals surface area contributed by atoms with Crippen molar-refractivity contribution < 1.29 is 19.0 Å². The first-order valence-electron chi connectivity index (χ1n) is 4.86. The van der Waals surface area contributed by atoms with Crippen LogP contribution < -0.4 is 9.47 Å². The lowest BCUT2D eigenvalue weighted by atomic mass is 10.0. The molecular weight excluding hydrogens is 235 g/mol. The minimum atomic E-state index is -1.16. The van der Waals surface area contributed by atoms with Gasteiger partial charge in [-0.2, -0.15) is 0 Å².